The molecule has 0 radical (unpaired) electrons. The van der Waals surface area contributed by atoms with Crippen molar-refractivity contribution in [3.63, 3.8) is 0 Å². The molecule has 0 spiro atoms. The number of benzene rings is 2. The first-order valence-corrected chi connectivity index (χ1v) is 6.85. The van der Waals surface area contributed by atoms with Crippen LogP contribution in [0.2, 0.25) is 5.02 Å². The van der Waals surface area contributed by atoms with Crippen LogP contribution in [0.25, 0.3) is 0 Å². The van der Waals surface area contributed by atoms with Crippen LogP contribution in [0.5, 0.6) is 0 Å². The molecule has 0 aliphatic carbocycles. The van der Waals surface area contributed by atoms with E-state index in [0.717, 1.165) is 12.1 Å². The van der Waals surface area contributed by atoms with Gasteiger partial charge in [0.05, 0.1) is 16.3 Å². The van der Waals surface area contributed by atoms with Crippen LogP contribution < -0.4 is 5.32 Å². The van der Waals surface area contributed by atoms with Crippen molar-refractivity contribution in [3.05, 3.63) is 62.8 Å². The highest BCUT2D eigenvalue weighted by atomic mass is 79.9. The topological polar surface area (TPSA) is 66.4 Å². The summed E-state index contributed by atoms with van der Waals surface area (Å²) in [4.78, 5) is 23.1. The Hall–Kier alpha value is -1.92. The van der Waals surface area contributed by atoms with Crippen molar-refractivity contribution in [2.75, 3.05) is 5.32 Å². The minimum atomic E-state index is -1.33. The van der Waals surface area contributed by atoms with Crippen LogP contribution in [-0.2, 0) is 0 Å². The number of aromatic carboxylic acids is 1. The number of hydrogen-bond acceptors (Lipinski definition) is 2. The number of carboxylic acids is 1. The molecular weight excluding hydrogens is 365 g/mol. The zero-order chi connectivity index (χ0) is 15.6. The van der Waals surface area contributed by atoms with Crippen molar-refractivity contribution in [3.8, 4) is 0 Å². The molecule has 7 heteroatoms. The van der Waals surface area contributed by atoms with Gasteiger partial charge in [-0.2, -0.15) is 0 Å². The van der Waals surface area contributed by atoms with Gasteiger partial charge in [-0.1, -0.05) is 11.6 Å². The second-order valence-corrected chi connectivity index (χ2v) is 5.34. The monoisotopic (exact) mass is 371 g/mol. The van der Waals surface area contributed by atoms with Crippen LogP contribution in [0.4, 0.5) is 10.1 Å². The molecule has 0 aliphatic heterocycles. The number of halogens is 3. The van der Waals surface area contributed by atoms with E-state index in [1.165, 1.54) is 24.3 Å². The molecule has 0 aliphatic rings. The van der Waals surface area contributed by atoms with Crippen molar-refractivity contribution >= 4 is 45.1 Å². The average molecular weight is 373 g/mol. The molecule has 0 saturated heterocycles. The van der Waals surface area contributed by atoms with Gasteiger partial charge in [0.25, 0.3) is 5.91 Å². The summed E-state index contributed by atoms with van der Waals surface area (Å²) in [6.07, 6.45) is 0. The fraction of sp³-hybridized carbons (Fsp3) is 0. The van der Waals surface area contributed by atoms with Crippen molar-refractivity contribution in [2.45, 2.75) is 0 Å². The molecule has 0 bridgehead atoms. The van der Waals surface area contributed by atoms with Crippen molar-refractivity contribution in [2.24, 2.45) is 0 Å². The van der Waals surface area contributed by atoms with Crippen molar-refractivity contribution in [1.82, 2.24) is 0 Å². The summed E-state index contributed by atoms with van der Waals surface area (Å²) >= 11 is 9.02. The summed E-state index contributed by atoms with van der Waals surface area (Å²) in [7, 11) is 0. The van der Waals surface area contributed by atoms with Gasteiger partial charge in [0.1, 0.15) is 5.82 Å². The fourth-order valence-corrected chi connectivity index (χ4v) is 2.13. The molecule has 2 aromatic carbocycles. The molecule has 2 aromatic rings. The molecule has 0 aromatic heterocycles. The van der Waals surface area contributed by atoms with Crippen LogP contribution in [-0.4, -0.2) is 17.0 Å². The zero-order valence-electron chi connectivity index (χ0n) is 10.4. The average Bonchev–Trinajstić information content (AvgIpc) is 2.43. The van der Waals surface area contributed by atoms with Gasteiger partial charge in [-0.15, -0.1) is 0 Å². The molecule has 0 unspecified atom stereocenters. The Balaban J connectivity index is 2.31. The molecular formula is C14H8BrClFNO3. The van der Waals surface area contributed by atoms with E-state index in [1.807, 2.05) is 0 Å². The molecule has 1 amide bonds. The number of hydrogen-bond donors (Lipinski definition) is 2. The highest BCUT2D eigenvalue weighted by Gasteiger charge is 2.15. The number of carbonyl (C=O) groups is 2. The fourth-order valence-electron chi connectivity index (χ4n) is 1.63. The molecule has 21 heavy (non-hydrogen) atoms. The first-order valence-electron chi connectivity index (χ1n) is 5.67. The lowest BCUT2D eigenvalue weighted by Crippen LogP contribution is -2.15. The molecule has 0 fully saturated rings. The van der Waals surface area contributed by atoms with E-state index in [2.05, 4.69) is 21.2 Å². The summed E-state index contributed by atoms with van der Waals surface area (Å²) in [5.74, 6) is -2.55. The maximum absolute atomic E-state index is 13.1. The van der Waals surface area contributed by atoms with Gasteiger partial charge < -0.3 is 10.4 Å². The molecule has 2 N–H and O–H groups in total. The molecule has 2 rings (SSSR count). The Morgan fingerprint density at radius 1 is 1.19 bits per heavy atom. The quantitative estimate of drug-likeness (QED) is 0.849. The highest BCUT2D eigenvalue weighted by Crippen LogP contribution is 2.24. The van der Waals surface area contributed by atoms with E-state index in [1.54, 1.807) is 0 Å². The predicted octanol–water partition coefficient (Wildman–Crippen LogP) is 4.19. The van der Waals surface area contributed by atoms with Crippen LogP contribution in [0.3, 0.4) is 0 Å². The third kappa shape index (κ3) is 3.59. The summed E-state index contributed by atoms with van der Waals surface area (Å²) < 4.78 is 13.6. The maximum atomic E-state index is 13.1. The van der Waals surface area contributed by atoms with Crippen LogP contribution >= 0.6 is 27.5 Å². The van der Waals surface area contributed by atoms with Crippen LogP contribution in [0, 0.1) is 5.82 Å². The van der Waals surface area contributed by atoms with Gasteiger partial charge in [-0.05, 0) is 52.3 Å². The largest absolute Gasteiger partial charge is 0.478 e. The lowest BCUT2D eigenvalue weighted by molar-refractivity contribution is 0.0697. The standard InChI is InChI=1S/C14H8BrClFNO3/c15-10-5-7(1-3-11(10)16)13(19)18-12-4-2-8(17)6-9(12)14(20)21/h1-6H,(H,18,19)(H,20,21). The van der Waals surface area contributed by atoms with E-state index in [0.29, 0.717) is 9.50 Å². The lowest BCUT2D eigenvalue weighted by atomic mass is 10.1. The first kappa shape index (κ1) is 15.5. The summed E-state index contributed by atoms with van der Waals surface area (Å²) in [5.41, 5.74) is -0.0247. The van der Waals surface area contributed by atoms with E-state index >= 15 is 0 Å². The van der Waals surface area contributed by atoms with Crippen molar-refractivity contribution < 1.29 is 19.1 Å². The second kappa shape index (κ2) is 6.24. The Morgan fingerprint density at radius 2 is 1.90 bits per heavy atom. The van der Waals surface area contributed by atoms with E-state index in [4.69, 9.17) is 16.7 Å². The molecule has 0 atom stereocenters. The van der Waals surface area contributed by atoms with E-state index in [-0.39, 0.29) is 16.8 Å². The smallest absolute Gasteiger partial charge is 0.337 e. The van der Waals surface area contributed by atoms with Gasteiger partial charge in [-0.25, -0.2) is 9.18 Å². The zero-order valence-corrected chi connectivity index (χ0v) is 12.7. The number of rotatable bonds is 3. The lowest BCUT2D eigenvalue weighted by Gasteiger charge is -2.09. The Labute approximate surface area is 132 Å². The third-order valence-electron chi connectivity index (χ3n) is 2.64. The number of carboxylic acid groups (broad SMARTS) is 1. The van der Waals surface area contributed by atoms with Crippen molar-refractivity contribution in [1.29, 1.82) is 0 Å². The van der Waals surface area contributed by atoms with Gasteiger partial charge in [0.15, 0.2) is 0 Å². The molecule has 108 valence electrons. The first-order chi connectivity index (χ1) is 9.88. The third-order valence-corrected chi connectivity index (χ3v) is 3.86. The Kier molecular flexibility index (Phi) is 4.59. The Bertz CT molecular complexity index is 736. The van der Waals surface area contributed by atoms with Crippen LogP contribution in [0.1, 0.15) is 20.7 Å². The van der Waals surface area contributed by atoms with Gasteiger partial charge in [0.2, 0.25) is 0 Å². The molecule has 0 saturated carbocycles. The highest BCUT2D eigenvalue weighted by molar-refractivity contribution is 9.10. The maximum Gasteiger partial charge on any atom is 0.337 e. The van der Waals surface area contributed by atoms with Crippen LogP contribution in [0.15, 0.2) is 40.9 Å². The number of nitrogens with one attached hydrogen (secondary N) is 1. The van der Waals surface area contributed by atoms with Gasteiger partial charge >= 0.3 is 5.97 Å². The van der Waals surface area contributed by atoms with Gasteiger partial charge in [0, 0.05) is 10.0 Å². The summed E-state index contributed by atoms with van der Waals surface area (Å²) in [6.45, 7) is 0. The second-order valence-electron chi connectivity index (χ2n) is 4.08. The summed E-state index contributed by atoms with van der Waals surface area (Å²) in [6, 6.07) is 7.63. The van der Waals surface area contributed by atoms with E-state index in [9.17, 15) is 14.0 Å². The predicted molar refractivity (Wildman–Crippen MR) is 80.5 cm³/mol. The number of anilines is 1. The minimum Gasteiger partial charge on any atom is -0.478 e. The summed E-state index contributed by atoms with van der Waals surface area (Å²) in [5, 5.41) is 11.9. The Morgan fingerprint density at radius 3 is 2.52 bits per heavy atom. The normalized spacial score (nSPS) is 10.2. The number of amides is 1. The molecule has 0 heterocycles. The van der Waals surface area contributed by atoms with E-state index < -0.39 is 17.7 Å². The van der Waals surface area contributed by atoms with Gasteiger partial charge in [-0.3, -0.25) is 4.79 Å². The number of carbonyl (C=O) groups excluding carboxylic acids is 1. The molecule has 4 nitrogen and oxygen atoms in total. The minimum absolute atomic E-state index is 0.0139. The SMILES string of the molecule is O=C(Nc1ccc(F)cc1C(=O)O)c1ccc(Cl)c(Br)c1.